The Balaban J connectivity index is 2.03. The van der Waals surface area contributed by atoms with E-state index in [0.29, 0.717) is 11.1 Å². The second kappa shape index (κ2) is 5.46. The van der Waals surface area contributed by atoms with Gasteiger partial charge in [-0.2, -0.15) is 5.10 Å². The number of methoxy groups -OCH3 is 1. The lowest BCUT2D eigenvalue weighted by molar-refractivity contribution is 0.143. The Morgan fingerprint density at radius 3 is 3.25 bits per heavy atom. The predicted molar refractivity (Wildman–Crippen MR) is 63.9 cm³/mol. The van der Waals surface area contributed by atoms with E-state index in [1.807, 2.05) is 6.07 Å². The van der Waals surface area contributed by atoms with Crippen molar-refractivity contribution in [2.24, 2.45) is 5.92 Å². The minimum Gasteiger partial charge on any atom is -0.384 e. The van der Waals surface area contributed by atoms with Gasteiger partial charge in [-0.05, 0) is 18.8 Å². The molecule has 0 radical (unpaired) electrons. The fraction of sp³-hybridized carbons (Fsp3) is 0.636. The lowest BCUT2D eigenvalue weighted by atomic mass is 9.99. The quantitative estimate of drug-likeness (QED) is 0.811. The molecule has 1 fully saturated rings. The van der Waals surface area contributed by atoms with Crippen LogP contribution < -0.4 is 4.90 Å². The van der Waals surface area contributed by atoms with Crippen molar-refractivity contribution in [2.75, 3.05) is 31.7 Å². The minimum atomic E-state index is 0.450. The lowest BCUT2D eigenvalue weighted by Crippen LogP contribution is -2.37. The number of ether oxygens (including phenoxy) is 1. The third kappa shape index (κ3) is 2.83. The van der Waals surface area contributed by atoms with Gasteiger partial charge in [0.15, 0.2) is 5.15 Å². The van der Waals surface area contributed by atoms with Crippen LogP contribution >= 0.6 is 11.6 Å². The lowest BCUT2D eigenvalue weighted by Gasteiger charge is -2.33. The topological polar surface area (TPSA) is 38.2 Å². The number of hydrogen-bond donors (Lipinski definition) is 0. The molecule has 1 saturated heterocycles. The van der Waals surface area contributed by atoms with Crippen molar-refractivity contribution in [1.29, 1.82) is 0 Å². The first-order valence-electron chi connectivity index (χ1n) is 5.51. The number of nitrogens with zero attached hydrogens (tertiary/aromatic N) is 3. The first-order chi connectivity index (χ1) is 7.79. The molecule has 1 aromatic rings. The fourth-order valence-electron chi connectivity index (χ4n) is 2.18. The number of anilines is 1. The Morgan fingerprint density at radius 2 is 2.50 bits per heavy atom. The Kier molecular flexibility index (Phi) is 3.96. The number of piperidine rings is 1. The highest BCUT2D eigenvalue weighted by atomic mass is 35.5. The van der Waals surface area contributed by atoms with Gasteiger partial charge in [0.1, 0.15) is 0 Å². The van der Waals surface area contributed by atoms with E-state index in [0.717, 1.165) is 25.4 Å². The number of rotatable bonds is 3. The molecule has 2 rings (SSSR count). The molecular weight excluding hydrogens is 226 g/mol. The standard InChI is InChI=1S/C11H16ClN3O/c1-16-8-9-3-2-4-15(7-9)10-5-11(12)14-13-6-10/h5-6,9H,2-4,7-8H2,1H3. The van der Waals surface area contributed by atoms with Gasteiger partial charge in [-0.3, -0.25) is 0 Å². The van der Waals surface area contributed by atoms with E-state index in [9.17, 15) is 0 Å². The highest BCUT2D eigenvalue weighted by Gasteiger charge is 2.20. The third-order valence-electron chi connectivity index (χ3n) is 2.90. The van der Waals surface area contributed by atoms with Crippen LogP contribution in [0.4, 0.5) is 5.69 Å². The maximum absolute atomic E-state index is 5.84. The Bertz CT molecular complexity index is 346. The van der Waals surface area contributed by atoms with Crippen molar-refractivity contribution in [3.8, 4) is 0 Å². The smallest absolute Gasteiger partial charge is 0.153 e. The van der Waals surface area contributed by atoms with Crippen LogP contribution in [0.3, 0.4) is 0 Å². The molecule has 16 heavy (non-hydrogen) atoms. The van der Waals surface area contributed by atoms with Crippen LogP contribution in [0, 0.1) is 5.92 Å². The maximum atomic E-state index is 5.84. The van der Waals surface area contributed by atoms with Gasteiger partial charge in [0.2, 0.25) is 0 Å². The summed E-state index contributed by atoms with van der Waals surface area (Å²) in [5.41, 5.74) is 1.06. The molecule has 1 aliphatic rings. The highest BCUT2D eigenvalue weighted by Crippen LogP contribution is 2.23. The third-order valence-corrected chi connectivity index (χ3v) is 3.08. The Labute approximate surface area is 101 Å². The maximum Gasteiger partial charge on any atom is 0.153 e. The van der Waals surface area contributed by atoms with E-state index >= 15 is 0 Å². The van der Waals surface area contributed by atoms with Crippen LogP contribution in [0.1, 0.15) is 12.8 Å². The normalized spacial score (nSPS) is 21.1. The molecule has 0 amide bonds. The highest BCUT2D eigenvalue weighted by molar-refractivity contribution is 6.29. The van der Waals surface area contributed by atoms with Gasteiger partial charge >= 0.3 is 0 Å². The second-order valence-electron chi connectivity index (χ2n) is 4.15. The van der Waals surface area contributed by atoms with Crippen LogP contribution in [0.15, 0.2) is 12.3 Å². The SMILES string of the molecule is COCC1CCCN(c2cnnc(Cl)c2)C1. The molecule has 88 valence electrons. The van der Waals surface area contributed by atoms with Crippen LogP contribution in [0.2, 0.25) is 5.15 Å². The first-order valence-corrected chi connectivity index (χ1v) is 5.89. The van der Waals surface area contributed by atoms with Crippen molar-refractivity contribution in [3.63, 3.8) is 0 Å². The van der Waals surface area contributed by atoms with Gasteiger partial charge in [0.25, 0.3) is 0 Å². The molecule has 1 unspecified atom stereocenters. The fourth-order valence-corrected chi connectivity index (χ4v) is 2.33. The molecule has 1 aromatic heterocycles. The predicted octanol–water partition coefficient (Wildman–Crippen LogP) is 1.99. The van der Waals surface area contributed by atoms with Gasteiger partial charge < -0.3 is 9.64 Å². The molecule has 0 saturated carbocycles. The van der Waals surface area contributed by atoms with Crippen molar-refractivity contribution >= 4 is 17.3 Å². The van der Waals surface area contributed by atoms with E-state index in [-0.39, 0.29) is 0 Å². The summed E-state index contributed by atoms with van der Waals surface area (Å²) in [6.45, 7) is 2.89. The summed E-state index contributed by atoms with van der Waals surface area (Å²) in [6, 6.07) is 1.86. The molecule has 1 aliphatic heterocycles. The van der Waals surface area contributed by atoms with Crippen LogP contribution in [-0.2, 0) is 4.74 Å². The summed E-state index contributed by atoms with van der Waals surface area (Å²) in [5, 5.41) is 8.08. The molecule has 2 heterocycles. The molecule has 0 N–H and O–H groups in total. The van der Waals surface area contributed by atoms with Crippen LogP contribution in [0.5, 0.6) is 0 Å². The monoisotopic (exact) mass is 241 g/mol. The summed E-state index contributed by atoms with van der Waals surface area (Å²) in [5.74, 6) is 0.602. The van der Waals surface area contributed by atoms with Crippen molar-refractivity contribution in [3.05, 3.63) is 17.4 Å². The van der Waals surface area contributed by atoms with E-state index in [1.165, 1.54) is 12.8 Å². The van der Waals surface area contributed by atoms with Crippen molar-refractivity contribution in [2.45, 2.75) is 12.8 Å². The van der Waals surface area contributed by atoms with Gasteiger partial charge in [0.05, 0.1) is 18.5 Å². The largest absolute Gasteiger partial charge is 0.384 e. The molecule has 5 heteroatoms. The molecule has 0 aliphatic carbocycles. The summed E-state index contributed by atoms with van der Waals surface area (Å²) in [4.78, 5) is 2.30. The van der Waals surface area contributed by atoms with E-state index in [2.05, 4.69) is 15.1 Å². The summed E-state index contributed by atoms with van der Waals surface area (Å²) >= 11 is 5.84. The number of halogens is 1. The minimum absolute atomic E-state index is 0.450. The average molecular weight is 242 g/mol. The zero-order valence-corrected chi connectivity index (χ0v) is 10.2. The van der Waals surface area contributed by atoms with Crippen LogP contribution in [-0.4, -0.2) is 37.0 Å². The molecule has 0 spiro atoms. The molecule has 4 nitrogen and oxygen atoms in total. The summed E-state index contributed by atoms with van der Waals surface area (Å²) < 4.78 is 5.21. The Hall–Kier alpha value is -0.870. The van der Waals surface area contributed by atoms with Crippen LogP contribution in [0.25, 0.3) is 0 Å². The van der Waals surface area contributed by atoms with Crippen molar-refractivity contribution < 1.29 is 4.74 Å². The number of hydrogen-bond acceptors (Lipinski definition) is 4. The molecule has 1 atom stereocenters. The van der Waals surface area contributed by atoms with E-state index in [1.54, 1.807) is 13.3 Å². The molecule has 0 bridgehead atoms. The van der Waals surface area contributed by atoms with Gasteiger partial charge in [0, 0.05) is 26.3 Å². The van der Waals surface area contributed by atoms with Gasteiger partial charge in [-0.25, -0.2) is 0 Å². The van der Waals surface area contributed by atoms with Gasteiger partial charge in [-0.15, -0.1) is 5.10 Å². The van der Waals surface area contributed by atoms with E-state index < -0.39 is 0 Å². The zero-order valence-electron chi connectivity index (χ0n) is 9.40. The molecular formula is C11H16ClN3O. The van der Waals surface area contributed by atoms with Gasteiger partial charge in [-0.1, -0.05) is 11.6 Å². The second-order valence-corrected chi connectivity index (χ2v) is 4.53. The molecule has 0 aromatic carbocycles. The van der Waals surface area contributed by atoms with Crippen molar-refractivity contribution in [1.82, 2.24) is 10.2 Å². The summed E-state index contributed by atoms with van der Waals surface area (Å²) in [6.07, 6.45) is 4.19. The first kappa shape index (κ1) is 11.6. The Morgan fingerprint density at radius 1 is 1.62 bits per heavy atom. The summed E-state index contributed by atoms with van der Waals surface area (Å²) in [7, 11) is 1.75. The number of aromatic nitrogens is 2. The average Bonchev–Trinajstić information content (AvgIpc) is 2.30. The zero-order chi connectivity index (χ0) is 11.4. The van der Waals surface area contributed by atoms with E-state index in [4.69, 9.17) is 16.3 Å².